The summed E-state index contributed by atoms with van der Waals surface area (Å²) in [5, 5.41) is 15.6. The number of carboxylic acids is 1. The number of fused-ring (bicyclic) bond motifs is 1. The summed E-state index contributed by atoms with van der Waals surface area (Å²) in [5.41, 5.74) is 7.50. The van der Waals surface area contributed by atoms with Crippen molar-refractivity contribution >= 4 is 29.6 Å². The molecule has 10 nitrogen and oxygen atoms in total. The van der Waals surface area contributed by atoms with Crippen LogP contribution in [-0.2, 0) is 36.9 Å². The zero-order valence-electron chi connectivity index (χ0n) is 25.6. The van der Waals surface area contributed by atoms with Gasteiger partial charge in [-0.05, 0) is 48.6 Å². The first-order chi connectivity index (χ1) is 20.5. The lowest BCUT2D eigenvalue weighted by Crippen LogP contribution is -2.60. The first kappa shape index (κ1) is 32.5. The summed E-state index contributed by atoms with van der Waals surface area (Å²) in [6.07, 6.45) is 8.74. The second-order valence-corrected chi connectivity index (χ2v) is 13.2. The summed E-state index contributed by atoms with van der Waals surface area (Å²) in [4.78, 5) is 67.5. The summed E-state index contributed by atoms with van der Waals surface area (Å²) < 4.78 is 0. The topological polar surface area (TPSA) is 159 Å². The fourth-order valence-electron chi connectivity index (χ4n) is 7.17. The van der Waals surface area contributed by atoms with E-state index in [0.29, 0.717) is 25.7 Å². The van der Waals surface area contributed by atoms with Gasteiger partial charge in [0, 0.05) is 13.0 Å². The number of benzene rings is 1. The van der Waals surface area contributed by atoms with Gasteiger partial charge in [0.25, 0.3) is 0 Å². The molecule has 1 aliphatic heterocycles. The molecule has 0 radical (unpaired) electrons. The van der Waals surface area contributed by atoms with E-state index < -0.39 is 53.7 Å². The van der Waals surface area contributed by atoms with Gasteiger partial charge in [0.1, 0.15) is 18.1 Å². The van der Waals surface area contributed by atoms with Crippen LogP contribution in [0.5, 0.6) is 0 Å². The SMILES string of the molecule is CC(C)C[C@H](NC(=O)[C@@H]1Cc2ccccc2CN1C(=O)[C@H](CC1CCCCC1)NC(=O)[C@@H]1CCCC[C@H]1C(=O)O)C(N)=O. The smallest absolute Gasteiger partial charge is 0.307 e. The maximum atomic E-state index is 14.5. The van der Waals surface area contributed by atoms with Gasteiger partial charge in [-0.25, -0.2) is 0 Å². The number of aliphatic carboxylic acids is 1. The van der Waals surface area contributed by atoms with Gasteiger partial charge in [-0.2, -0.15) is 0 Å². The zero-order chi connectivity index (χ0) is 31.1. The van der Waals surface area contributed by atoms with Gasteiger partial charge in [0.15, 0.2) is 0 Å². The summed E-state index contributed by atoms with van der Waals surface area (Å²) in [6, 6.07) is 5.03. The summed E-state index contributed by atoms with van der Waals surface area (Å²) >= 11 is 0. The van der Waals surface area contributed by atoms with Crippen LogP contribution >= 0.6 is 0 Å². The van der Waals surface area contributed by atoms with E-state index in [0.717, 1.165) is 56.1 Å². The summed E-state index contributed by atoms with van der Waals surface area (Å²) in [7, 11) is 0. The molecule has 5 atom stereocenters. The van der Waals surface area contributed by atoms with Crippen LogP contribution in [0.15, 0.2) is 24.3 Å². The molecule has 2 saturated carbocycles. The van der Waals surface area contributed by atoms with Crippen LogP contribution in [0.25, 0.3) is 0 Å². The number of carbonyl (C=O) groups excluding carboxylic acids is 4. The van der Waals surface area contributed by atoms with Crippen LogP contribution in [-0.4, -0.2) is 57.7 Å². The van der Waals surface area contributed by atoms with Crippen molar-refractivity contribution in [3.63, 3.8) is 0 Å². The number of primary amides is 1. The Morgan fingerprint density at radius 3 is 2.09 bits per heavy atom. The molecule has 4 amide bonds. The minimum absolute atomic E-state index is 0.118. The van der Waals surface area contributed by atoms with Gasteiger partial charge < -0.3 is 26.4 Å². The molecule has 4 rings (SSSR count). The lowest BCUT2D eigenvalue weighted by atomic mass is 9.78. The highest BCUT2D eigenvalue weighted by molar-refractivity contribution is 5.95. The van der Waals surface area contributed by atoms with E-state index in [1.54, 1.807) is 0 Å². The first-order valence-corrected chi connectivity index (χ1v) is 16.0. The standard InChI is InChI=1S/C33H48N4O6/c1-20(2)16-26(29(34)38)35-31(40)28-18-22-12-6-7-13-23(22)19-37(28)32(41)27(17-21-10-4-3-5-11-21)36-30(39)24-14-8-9-15-25(24)33(42)43/h6-7,12-13,20-21,24-28H,3-5,8-11,14-19H2,1-2H3,(H2,34,38)(H,35,40)(H,36,39)(H,42,43)/t24-,25-,26+,27+,28+/m1/s1. The number of rotatable bonds is 11. The molecular weight excluding hydrogens is 548 g/mol. The highest BCUT2D eigenvalue weighted by Crippen LogP contribution is 2.33. The van der Waals surface area contributed by atoms with Crippen molar-refractivity contribution in [2.45, 2.75) is 116 Å². The van der Waals surface area contributed by atoms with Crippen molar-refractivity contribution in [3.05, 3.63) is 35.4 Å². The van der Waals surface area contributed by atoms with Gasteiger partial charge in [0.2, 0.25) is 23.6 Å². The molecule has 1 heterocycles. The third-order valence-electron chi connectivity index (χ3n) is 9.53. The van der Waals surface area contributed by atoms with Crippen molar-refractivity contribution in [1.82, 2.24) is 15.5 Å². The Morgan fingerprint density at radius 1 is 0.860 bits per heavy atom. The molecule has 236 valence electrons. The van der Waals surface area contributed by atoms with E-state index in [-0.39, 0.29) is 30.7 Å². The van der Waals surface area contributed by atoms with Crippen LogP contribution < -0.4 is 16.4 Å². The number of amides is 4. The number of carbonyl (C=O) groups is 5. The molecule has 0 spiro atoms. The van der Waals surface area contributed by atoms with Crippen molar-refractivity contribution in [2.75, 3.05) is 0 Å². The molecule has 2 fully saturated rings. The Hall–Kier alpha value is -3.43. The second-order valence-electron chi connectivity index (χ2n) is 13.2. The lowest BCUT2D eigenvalue weighted by Gasteiger charge is -2.39. The number of nitrogens with zero attached hydrogens (tertiary/aromatic N) is 1. The molecule has 10 heteroatoms. The summed E-state index contributed by atoms with van der Waals surface area (Å²) in [5.74, 6) is -3.91. The second kappa shape index (κ2) is 14.8. The largest absolute Gasteiger partial charge is 0.481 e. The lowest BCUT2D eigenvalue weighted by molar-refractivity contribution is -0.150. The van der Waals surface area contributed by atoms with E-state index >= 15 is 0 Å². The highest BCUT2D eigenvalue weighted by atomic mass is 16.4. The minimum Gasteiger partial charge on any atom is -0.481 e. The van der Waals surface area contributed by atoms with E-state index in [9.17, 15) is 29.1 Å². The van der Waals surface area contributed by atoms with Crippen molar-refractivity contribution in [3.8, 4) is 0 Å². The number of carboxylic acid groups (broad SMARTS) is 1. The maximum absolute atomic E-state index is 14.5. The van der Waals surface area contributed by atoms with Crippen LogP contribution in [0, 0.1) is 23.7 Å². The molecule has 0 aromatic heterocycles. The average molecular weight is 597 g/mol. The predicted molar refractivity (Wildman–Crippen MR) is 161 cm³/mol. The fraction of sp³-hybridized carbons (Fsp3) is 0.667. The van der Waals surface area contributed by atoms with Crippen LogP contribution in [0.1, 0.15) is 95.6 Å². The third kappa shape index (κ3) is 8.36. The van der Waals surface area contributed by atoms with Crippen molar-refractivity contribution in [1.29, 1.82) is 0 Å². The molecule has 1 aromatic rings. The fourth-order valence-corrected chi connectivity index (χ4v) is 7.17. The Morgan fingerprint density at radius 2 is 1.47 bits per heavy atom. The van der Waals surface area contributed by atoms with Crippen molar-refractivity contribution in [2.24, 2.45) is 29.4 Å². The van der Waals surface area contributed by atoms with Crippen LogP contribution in [0.4, 0.5) is 0 Å². The average Bonchev–Trinajstić information content (AvgIpc) is 2.99. The quantitative estimate of drug-likeness (QED) is 0.307. The molecule has 2 aliphatic carbocycles. The van der Waals surface area contributed by atoms with Crippen LogP contribution in [0.3, 0.4) is 0 Å². The molecule has 43 heavy (non-hydrogen) atoms. The van der Waals surface area contributed by atoms with Gasteiger partial charge in [-0.1, -0.05) is 83.1 Å². The van der Waals surface area contributed by atoms with E-state index in [1.165, 1.54) is 4.90 Å². The maximum Gasteiger partial charge on any atom is 0.307 e. The number of nitrogens with two attached hydrogens (primary N) is 1. The molecule has 3 aliphatic rings. The minimum atomic E-state index is -0.982. The third-order valence-corrected chi connectivity index (χ3v) is 9.53. The Labute approximate surface area is 254 Å². The van der Waals surface area contributed by atoms with Crippen LogP contribution in [0.2, 0.25) is 0 Å². The number of hydrogen-bond donors (Lipinski definition) is 4. The predicted octanol–water partition coefficient (Wildman–Crippen LogP) is 3.30. The Kier molecular flexibility index (Phi) is 11.2. The van der Waals surface area contributed by atoms with Gasteiger partial charge >= 0.3 is 5.97 Å². The van der Waals surface area contributed by atoms with Gasteiger partial charge in [-0.3, -0.25) is 24.0 Å². The Balaban J connectivity index is 1.62. The molecule has 5 N–H and O–H groups in total. The van der Waals surface area contributed by atoms with Gasteiger partial charge in [-0.15, -0.1) is 0 Å². The molecule has 0 saturated heterocycles. The normalized spacial score (nSPS) is 24.0. The number of hydrogen-bond acceptors (Lipinski definition) is 5. The molecule has 1 aromatic carbocycles. The van der Waals surface area contributed by atoms with Crippen molar-refractivity contribution < 1.29 is 29.1 Å². The number of nitrogens with one attached hydrogen (secondary N) is 2. The van der Waals surface area contributed by atoms with Gasteiger partial charge in [0.05, 0.1) is 11.8 Å². The zero-order valence-corrected chi connectivity index (χ0v) is 25.6. The monoisotopic (exact) mass is 596 g/mol. The van der Waals surface area contributed by atoms with E-state index in [2.05, 4.69) is 10.6 Å². The molecule has 0 bridgehead atoms. The molecule has 0 unspecified atom stereocenters. The highest BCUT2D eigenvalue weighted by Gasteiger charge is 2.42. The van der Waals surface area contributed by atoms with E-state index in [1.807, 2.05) is 38.1 Å². The first-order valence-electron chi connectivity index (χ1n) is 16.0. The summed E-state index contributed by atoms with van der Waals surface area (Å²) in [6.45, 7) is 4.07. The molecular formula is C33H48N4O6. The van der Waals surface area contributed by atoms with E-state index in [4.69, 9.17) is 5.73 Å². The Bertz CT molecular complexity index is 1180.